The largest absolute Gasteiger partial charge is 0.267 e. The molecular weight excluding hydrogens is 339 g/mol. The Morgan fingerprint density at radius 1 is 1.08 bits per heavy atom. The Morgan fingerprint density at radius 3 is 2.36 bits per heavy atom. The molecule has 0 bridgehead atoms. The number of sulfonamides is 1. The van der Waals surface area contributed by atoms with Gasteiger partial charge in [0.1, 0.15) is 16.6 Å². The number of benzene rings is 2. The Morgan fingerprint density at radius 2 is 1.72 bits per heavy atom. The minimum absolute atomic E-state index is 0.151. The van der Waals surface area contributed by atoms with Gasteiger partial charge in [-0.15, -0.1) is 0 Å². The molecule has 0 aliphatic carbocycles. The molecular formula is C19H19FN2O2S. The summed E-state index contributed by atoms with van der Waals surface area (Å²) in [6, 6.07) is 15.4. The first-order valence-corrected chi connectivity index (χ1v) is 9.46. The molecule has 0 unspecified atom stereocenters. The first kappa shape index (κ1) is 17.4. The molecule has 0 saturated carbocycles. The highest BCUT2D eigenvalue weighted by Crippen LogP contribution is 2.30. The molecule has 2 aromatic rings. The van der Waals surface area contributed by atoms with E-state index in [2.05, 4.69) is 9.71 Å². The van der Waals surface area contributed by atoms with Crippen LogP contribution in [-0.2, 0) is 10.0 Å². The molecule has 4 nitrogen and oxygen atoms in total. The van der Waals surface area contributed by atoms with E-state index in [9.17, 15) is 12.8 Å². The summed E-state index contributed by atoms with van der Waals surface area (Å²) in [7, 11) is -3.69. The molecule has 3 rings (SSSR count). The zero-order chi connectivity index (χ0) is 18.0. The first-order valence-electron chi connectivity index (χ1n) is 7.98. The zero-order valence-electron chi connectivity index (χ0n) is 14.0. The van der Waals surface area contributed by atoms with Gasteiger partial charge in [0, 0.05) is 18.0 Å². The van der Waals surface area contributed by atoms with Crippen molar-refractivity contribution in [2.75, 3.05) is 6.54 Å². The highest BCUT2D eigenvalue weighted by atomic mass is 32.2. The standard InChI is InChI=1S/C19H19FN2O2S/c1-13(15-6-4-3-5-7-15)12-21-19-14(2)18(25(23,24)22-19)16-8-10-17(20)11-9-16/h3-11,13H,12H2,1-2H3,(H,21,22)/t13-/m0/s1. The summed E-state index contributed by atoms with van der Waals surface area (Å²) in [6.45, 7) is 4.22. The first-order chi connectivity index (χ1) is 11.9. The Kier molecular flexibility index (Phi) is 4.72. The molecule has 0 spiro atoms. The maximum Gasteiger partial charge on any atom is 0.264 e. The van der Waals surface area contributed by atoms with Crippen LogP contribution in [0, 0.1) is 5.82 Å². The molecule has 1 N–H and O–H groups in total. The molecule has 0 aromatic heterocycles. The topological polar surface area (TPSA) is 58.5 Å². The number of halogens is 1. The average molecular weight is 358 g/mol. The van der Waals surface area contributed by atoms with Gasteiger partial charge in [-0.3, -0.25) is 9.71 Å². The van der Waals surface area contributed by atoms with E-state index in [0.717, 1.165) is 5.56 Å². The summed E-state index contributed by atoms with van der Waals surface area (Å²) in [5, 5.41) is 0. The molecule has 6 heteroatoms. The molecule has 0 fully saturated rings. The van der Waals surface area contributed by atoms with Crippen LogP contribution < -0.4 is 4.72 Å². The molecule has 0 saturated heterocycles. The van der Waals surface area contributed by atoms with Gasteiger partial charge in [0.2, 0.25) is 0 Å². The summed E-state index contributed by atoms with van der Waals surface area (Å²) in [5.74, 6) is 0.110. The third-order valence-corrected chi connectivity index (χ3v) is 5.74. The molecule has 1 aliphatic rings. The number of rotatable bonds is 4. The van der Waals surface area contributed by atoms with Crippen molar-refractivity contribution >= 4 is 20.8 Å². The van der Waals surface area contributed by atoms with E-state index < -0.39 is 15.8 Å². The van der Waals surface area contributed by atoms with Gasteiger partial charge in [-0.1, -0.05) is 49.4 Å². The predicted molar refractivity (Wildman–Crippen MR) is 98.2 cm³/mol. The summed E-state index contributed by atoms with van der Waals surface area (Å²) in [4.78, 5) is 4.62. The SMILES string of the molecule is CC1=C(c2ccc(F)cc2)S(=O)(=O)NC1=NC[C@H](C)c1ccccc1. The van der Waals surface area contributed by atoms with Crippen molar-refractivity contribution in [3.8, 4) is 0 Å². The van der Waals surface area contributed by atoms with Crippen molar-refractivity contribution in [3.05, 3.63) is 77.1 Å². The van der Waals surface area contributed by atoms with Crippen LogP contribution in [0.15, 0.2) is 65.2 Å². The van der Waals surface area contributed by atoms with E-state index in [1.54, 1.807) is 6.92 Å². The molecule has 1 atom stereocenters. The highest BCUT2D eigenvalue weighted by molar-refractivity contribution is 8.00. The van der Waals surface area contributed by atoms with E-state index in [0.29, 0.717) is 23.5 Å². The third kappa shape index (κ3) is 3.64. The number of nitrogens with one attached hydrogen (secondary N) is 1. The fourth-order valence-corrected chi connectivity index (χ4v) is 4.32. The third-order valence-electron chi connectivity index (χ3n) is 4.19. The monoisotopic (exact) mass is 358 g/mol. The van der Waals surface area contributed by atoms with Gasteiger partial charge in [0.25, 0.3) is 10.0 Å². The van der Waals surface area contributed by atoms with Gasteiger partial charge in [-0.25, -0.2) is 12.8 Å². The van der Waals surface area contributed by atoms with E-state index in [-0.39, 0.29) is 10.8 Å². The van der Waals surface area contributed by atoms with Gasteiger partial charge >= 0.3 is 0 Å². The number of aliphatic imine (C=N–C) groups is 1. The Hall–Kier alpha value is -2.47. The second-order valence-corrected chi connectivity index (χ2v) is 7.69. The molecule has 1 heterocycles. The van der Waals surface area contributed by atoms with Crippen molar-refractivity contribution in [2.45, 2.75) is 19.8 Å². The van der Waals surface area contributed by atoms with Crippen LogP contribution in [0.3, 0.4) is 0 Å². The fourth-order valence-electron chi connectivity index (χ4n) is 2.80. The molecule has 1 aliphatic heterocycles. The van der Waals surface area contributed by atoms with Gasteiger partial charge in [0.15, 0.2) is 0 Å². The van der Waals surface area contributed by atoms with Crippen LogP contribution in [0.4, 0.5) is 4.39 Å². The second-order valence-electron chi connectivity index (χ2n) is 6.07. The van der Waals surface area contributed by atoms with Crippen molar-refractivity contribution in [2.24, 2.45) is 4.99 Å². The summed E-state index contributed by atoms with van der Waals surface area (Å²) in [6.07, 6.45) is 0. The van der Waals surface area contributed by atoms with Crippen molar-refractivity contribution in [1.82, 2.24) is 4.72 Å². The number of hydrogen-bond donors (Lipinski definition) is 1. The summed E-state index contributed by atoms with van der Waals surface area (Å²) >= 11 is 0. The zero-order valence-corrected chi connectivity index (χ0v) is 14.8. The van der Waals surface area contributed by atoms with E-state index >= 15 is 0 Å². The lowest BCUT2D eigenvalue weighted by Crippen LogP contribution is -2.24. The Labute approximate surface area is 147 Å². The lowest BCUT2D eigenvalue weighted by molar-refractivity contribution is 0.603. The van der Waals surface area contributed by atoms with Gasteiger partial charge in [-0.05, 0) is 30.2 Å². The summed E-state index contributed by atoms with van der Waals surface area (Å²) in [5.41, 5.74) is 2.15. The number of amidine groups is 1. The van der Waals surface area contributed by atoms with E-state index in [4.69, 9.17) is 0 Å². The quantitative estimate of drug-likeness (QED) is 0.906. The van der Waals surface area contributed by atoms with Crippen LogP contribution in [0.5, 0.6) is 0 Å². The normalized spacial score (nSPS) is 19.1. The van der Waals surface area contributed by atoms with Crippen LogP contribution in [-0.4, -0.2) is 20.8 Å². The minimum atomic E-state index is -3.69. The molecule has 0 amide bonds. The molecule has 2 aromatic carbocycles. The maximum atomic E-state index is 13.1. The van der Waals surface area contributed by atoms with Gasteiger partial charge < -0.3 is 0 Å². The van der Waals surface area contributed by atoms with Crippen LogP contribution in [0.25, 0.3) is 4.91 Å². The predicted octanol–water partition coefficient (Wildman–Crippen LogP) is 3.69. The number of hydrogen-bond acceptors (Lipinski definition) is 3. The molecule has 130 valence electrons. The average Bonchev–Trinajstić information content (AvgIpc) is 2.83. The fraction of sp³-hybridized carbons (Fsp3) is 0.211. The van der Waals surface area contributed by atoms with E-state index in [1.807, 2.05) is 37.3 Å². The Bertz CT molecular complexity index is 933. The second kappa shape index (κ2) is 6.80. The van der Waals surface area contributed by atoms with Crippen LogP contribution >= 0.6 is 0 Å². The summed E-state index contributed by atoms with van der Waals surface area (Å²) < 4.78 is 40.5. The van der Waals surface area contributed by atoms with Gasteiger partial charge in [0.05, 0.1) is 0 Å². The van der Waals surface area contributed by atoms with Crippen molar-refractivity contribution in [1.29, 1.82) is 0 Å². The minimum Gasteiger partial charge on any atom is -0.267 e. The van der Waals surface area contributed by atoms with E-state index in [1.165, 1.54) is 24.3 Å². The maximum absolute atomic E-state index is 13.1. The highest BCUT2D eigenvalue weighted by Gasteiger charge is 2.32. The smallest absolute Gasteiger partial charge is 0.264 e. The lowest BCUT2D eigenvalue weighted by Gasteiger charge is -2.09. The van der Waals surface area contributed by atoms with Crippen molar-refractivity contribution in [3.63, 3.8) is 0 Å². The van der Waals surface area contributed by atoms with Crippen LogP contribution in [0.1, 0.15) is 30.9 Å². The van der Waals surface area contributed by atoms with Crippen LogP contribution in [0.2, 0.25) is 0 Å². The Balaban J connectivity index is 1.89. The molecule has 0 radical (unpaired) electrons. The molecule has 25 heavy (non-hydrogen) atoms. The number of nitrogens with zero attached hydrogens (tertiary/aromatic N) is 1. The van der Waals surface area contributed by atoms with Crippen molar-refractivity contribution < 1.29 is 12.8 Å². The van der Waals surface area contributed by atoms with Gasteiger partial charge in [-0.2, -0.15) is 0 Å². The lowest BCUT2D eigenvalue weighted by atomic mass is 10.0.